The van der Waals surface area contributed by atoms with E-state index in [9.17, 15) is 4.79 Å². The van der Waals surface area contributed by atoms with Crippen molar-refractivity contribution in [3.05, 3.63) is 57.8 Å². The lowest BCUT2D eigenvalue weighted by Crippen LogP contribution is -2.48. The molecular formula is C25H29ClN8O2. The number of rotatable bonds is 6. The number of halogens is 1. The number of anilines is 1. The maximum Gasteiger partial charge on any atom is 0.257 e. The van der Waals surface area contributed by atoms with Crippen LogP contribution in [0.5, 0.6) is 5.75 Å². The first-order chi connectivity index (χ1) is 17.2. The third-order valence-corrected chi connectivity index (χ3v) is 7.27. The molecule has 1 unspecified atom stereocenters. The lowest BCUT2D eigenvalue weighted by atomic mass is 9.85. The predicted octanol–water partition coefficient (Wildman–Crippen LogP) is 3.66. The molecule has 0 spiro atoms. The number of carbonyl (C=O) groups is 1. The van der Waals surface area contributed by atoms with Crippen LogP contribution in [0.2, 0.25) is 5.02 Å². The third kappa shape index (κ3) is 3.85. The second kappa shape index (κ2) is 9.09. The minimum atomic E-state index is -0.234. The van der Waals surface area contributed by atoms with Gasteiger partial charge in [0.15, 0.2) is 5.65 Å². The number of amides is 1. The van der Waals surface area contributed by atoms with Crippen LogP contribution < -0.4 is 10.5 Å². The Morgan fingerprint density at radius 1 is 1.31 bits per heavy atom. The summed E-state index contributed by atoms with van der Waals surface area (Å²) in [6.45, 7) is 9.55. The molecule has 1 aromatic carbocycles. The quantitative estimate of drug-likeness (QED) is 0.422. The fraction of sp³-hybridized carbons (Fsp3) is 0.400. The van der Waals surface area contributed by atoms with Crippen molar-refractivity contribution in [1.29, 1.82) is 0 Å². The molecule has 1 fully saturated rings. The molecule has 1 saturated heterocycles. The molecule has 2 N–H and O–H groups in total. The van der Waals surface area contributed by atoms with Gasteiger partial charge in [-0.3, -0.25) is 9.48 Å². The van der Waals surface area contributed by atoms with Crippen molar-refractivity contribution >= 4 is 34.4 Å². The van der Waals surface area contributed by atoms with Crippen LogP contribution in [0.3, 0.4) is 0 Å². The molecule has 36 heavy (non-hydrogen) atoms. The van der Waals surface area contributed by atoms with Crippen LogP contribution in [0.25, 0.3) is 11.0 Å². The molecule has 10 nitrogen and oxygen atoms in total. The van der Waals surface area contributed by atoms with E-state index in [1.54, 1.807) is 24.1 Å². The number of ether oxygens (including phenoxy) is 1. The number of aryl methyl sites for hydroxylation is 2. The molecule has 1 aliphatic heterocycles. The number of nitrogens with two attached hydrogens (primary N) is 1. The van der Waals surface area contributed by atoms with E-state index in [0.29, 0.717) is 41.7 Å². The number of likely N-dealkylation sites (tertiary alicyclic amines) is 1. The summed E-state index contributed by atoms with van der Waals surface area (Å²) in [4.78, 5) is 23.3. The Labute approximate surface area is 214 Å². The van der Waals surface area contributed by atoms with Crippen molar-refractivity contribution in [2.45, 2.75) is 39.7 Å². The van der Waals surface area contributed by atoms with Crippen molar-refractivity contribution in [2.24, 2.45) is 7.05 Å². The van der Waals surface area contributed by atoms with Gasteiger partial charge in [0, 0.05) is 48.4 Å². The molecule has 1 atom stereocenters. The van der Waals surface area contributed by atoms with Crippen LogP contribution in [0, 0.1) is 13.8 Å². The summed E-state index contributed by atoms with van der Waals surface area (Å²) in [5.74, 6) is 1.26. The molecule has 0 aliphatic carbocycles. The predicted molar refractivity (Wildman–Crippen MR) is 137 cm³/mol. The Kier molecular flexibility index (Phi) is 6.07. The highest BCUT2D eigenvalue weighted by Gasteiger charge is 2.37. The number of fused-ring (bicyclic) bond motifs is 1. The summed E-state index contributed by atoms with van der Waals surface area (Å²) in [6, 6.07) is 1.71. The Morgan fingerprint density at radius 2 is 2.06 bits per heavy atom. The summed E-state index contributed by atoms with van der Waals surface area (Å²) in [6.07, 6.45) is 4.78. The van der Waals surface area contributed by atoms with Gasteiger partial charge in [0.05, 0.1) is 35.5 Å². The summed E-state index contributed by atoms with van der Waals surface area (Å²) in [5, 5.41) is 10.2. The fourth-order valence-corrected chi connectivity index (χ4v) is 5.20. The lowest BCUT2D eigenvalue weighted by Gasteiger charge is -2.41. The zero-order valence-electron chi connectivity index (χ0n) is 21.0. The topological polar surface area (TPSA) is 117 Å². The molecule has 1 amide bonds. The molecule has 5 rings (SSSR count). The largest absolute Gasteiger partial charge is 0.493 e. The first kappa shape index (κ1) is 24.1. The summed E-state index contributed by atoms with van der Waals surface area (Å²) >= 11 is 6.77. The maximum atomic E-state index is 12.9. The number of nitrogens with zero attached hydrogens (tertiary/aromatic N) is 7. The fourth-order valence-electron chi connectivity index (χ4n) is 4.98. The molecule has 0 saturated carbocycles. The van der Waals surface area contributed by atoms with E-state index in [1.807, 2.05) is 43.3 Å². The van der Waals surface area contributed by atoms with Gasteiger partial charge in [0.1, 0.15) is 17.9 Å². The molecule has 11 heteroatoms. The van der Waals surface area contributed by atoms with Crippen molar-refractivity contribution in [2.75, 3.05) is 25.4 Å². The van der Waals surface area contributed by atoms with Gasteiger partial charge in [-0.15, -0.1) is 0 Å². The zero-order chi connectivity index (χ0) is 25.7. The van der Waals surface area contributed by atoms with Gasteiger partial charge in [-0.2, -0.15) is 10.2 Å². The number of carbonyl (C=O) groups excluding carboxylic acids is 1. The van der Waals surface area contributed by atoms with Gasteiger partial charge in [-0.1, -0.05) is 11.6 Å². The molecule has 1 aliphatic rings. The molecule has 3 aromatic heterocycles. The zero-order valence-corrected chi connectivity index (χ0v) is 21.7. The summed E-state index contributed by atoms with van der Waals surface area (Å²) in [5.41, 5.74) is 11.0. The Bertz CT molecular complexity index is 1470. The molecule has 0 bridgehead atoms. The van der Waals surface area contributed by atoms with Crippen molar-refractivity contribution in [1.82, 2.24) is 34.4 Å². The number of hydrogen-bond acceptors (Lipinski definition) is 7. The van der Waals surface area contributed by atoms with E-state index >= 15 is 0 Å². The lowest BCUT2D eigenvalue weighted by molar-refractivity contribution is 0.0598. The number of benzene rings is 1. The molecular weight excluding hydrogens is 480 g/mol. The molecule has 188 valence electrons. The molecule has 0 radical (unpaired) electrons. The van der Waals surface area contributed by atoms with Crippen molar-refractivity contribution < 1.29 is 9.53 Å². The second-order valence-corrected chi connectivity index (χ2v) is 9.63. The highest BCUT2D eigenvalue weighted by atomic mass is 35.5. The van der Waals surface area contributed by atoms with E-state index in [1.165, 1.54) is 6.33 Å². The average molecular weight is 509 g/mol. The van der Waals surface area contributed by atoms with Gasteiger partial charge >= 0.3 is 0 Å². The van der Waals surface area contributed by atoms with Crippen LogP contribution in [0.15, 0.2) is 24.8 Å². The average Bonchev–Trinajstić information content (AvgIpc) is 3.40. The van der Waals surface area contributed by atoms with E-state index < -0.39 is 0 Å². The van der Waals surface area contributed by atoms with Gasteiger partial charge in [-0.25, -0.2) is 14.6 Å². The van der Waals surface area contributed by atoms with Crippen LogP contribution in [0.4, 0.5) is 5.82 Å². The number of nitrogen functional groups attached to an aromatic ring is 1. The van der Waals surface area contributed by atoms with Crippen molar-refractivity contribution in [3.63, 3.8) is 0 Å². The standard InChI is InChI=1S/C25H29ClN8O2/c1-6-36-22-18(15(4)34-24-21(14(3)31-34)23(27)28-12-29-24)7-19(26)13(2)20(22)17-10-33(11-17)25(35)16-8-30-32(5)9-16/h7-9,12,15,17H,6,10-11H2,1-5H3,(H2,27,28,29). The van der Waals surface area contributed by atoms with Crippen LogP contribution in [-0.2, 0) is 7.05 Å². The summed E-state index contributed by atoms with van der Waals surface area (Å²) < 4.78 is 9.73. The normalized spacial score (nSPS) is 14.8. The number of aromatic nitrogens is 6. The smallest absolute Gasteiger partial charge is 0.257 e. The Hall–Kier alpha value is -3.66. The van der Waals surface area contributed by atoms with Gasteiger partial charge in [0.25, 0.3) is 5.91 Å². The Morgan fingerprint density at radius 3 is 2.72 bits per heavy atom. The van der Waals surface area contributed by atoms with E-state index in [4.69, 9.17) is 27.2 Å². The first-order valence-corrected chi connectivity index (χ1v) is 12.3. The highest BCUT2D eigenvalue weighted by Crippen LogP contribution is 2.44. The van der Waals surface area contributed by atoms with Gasteiger partial charge in [0.2, 0.25) is 0 Å². The third-order valence-electron chi connectivity index (χ3n) is 6.88. The molecule has 4 aromatic rings. The van der Waals surface area contributed by atoms with E-state index in [-0.39, 0.29) is 17.9 Å². The van der Waals surface area contributed by atoms with Crippen LogP contribution in [0.1, 0.15) is 58.5 Å². The van der Waals surface area contributed by atoms with E-state index in [0.717, 1.165) is 33.5 Å². The van der Waals surface area contributed by atoms with Crippen LogP contribution >= 0.6 is 11.6 Å². The highest BCUT2D eigenvalue weighted by molar-refractivity contribution is 6.31. The first-order valence-electron chi connectivity index (χ1n) is 11.9. The van der Waals surface area contributed by atoms with Gasteiger partial charge < -0.3 is 15.4 Å². The maximum absolute atomic E-state index is 12.9. The number of hydrogen-bond donors (Lipinski definition) is 1. The van der Waals surface area contributed by atoms with Crippen LogP contribution in [-0.4, -0.2) is 60.0 Å². The SMILES string of the molecule is CCOc1c(C(C)n2nc(C)c3c(N)ncnc32)cc(Cl)c(C)c1C1CN(C(=O)c2cnn(C)c2)C1. The minimum Gasteiger partial charge on any atom is -0.493 e. The van der Waals surface area contributed by atoms with Gasteiger partial charge in [-0.05, 0) is 39.3 Å². The molecule has 4 heterocycles. The minimum absolute atomic E-state index is 0.0265. The second-order valence-electron chi connectivity index (χ2n) is 9.22. The monoisotopic (exact) mass is 508 g/mol. The van der Waals surface area contributed by atoms with Crippen molar-refractivity contribution in [3.8, 4) is 5.75 Å². The summed E-state index contributed by atoms with van der Waals surface area (Å²) in [7, 11) is 1.80. The Balaban J connectivity index is 1.53. The van der Waals surface area contributed by atoms with E-state index in [2.05, 4.69) is 15.1 Å².